The first-order chi connectivity index (χ1) is 11.1. The molecule has 0 aliphatic heterocycles. The van der Waals surface area contributed by atoms with Crippen molar-refractivity contribution in [1.29, 1.82) is 0 Å². The second-order valence-electron chi connectivity index (χ2n) is 6.28. The van der Waals surface area contributed by atoms with E-state index in [1.54, 1.807) is 24.3 Å². The largest absolute Gasteiger partial charge is 0.481 e. The number of carboxylic acids is 1. The van der Waals surface area contributed by atoms with Crippen LogP contribution in [0.25, 0.3) is 0 Å². The molecule has 1 saturated carbocycles. The molecule has 1 atom stereocenters. The maximum Gasteiger partial charge on any atom is 0.305 e. The molecule has 2 N–H and O–H groups in total. The lowest BCUT2D eigenvalue weighted by atomic mass is 9.86. The predicted octanol–water partition coefficient (Wildman–Crippen LogP) is 4.33. The van der Waals surface area contributed by atoms with Gasteiger partial charge in [0.2, 0.25) is 5.91 Å². The monoisotopic (exact) mass is 337 g/mol. The number of carbonyl (C=O) groups is 2. The highest BCUT2D eigenvalue weighted by Gasteiger charge is 2.21. The maximum absolute atomic E-state index is 12.2. The molecule has 5 heteroatoms. The molecule has 1 fully saturated rings. The summed E-state index contributed by atoms with van der Waals surface area (Å²) in [7, 11) is 0. The first-order valence-electron chi connectivity index (χ1n) is 8.32. The van der Waals surface area contributed by atoms with Crippen molar-refractivity contribution in [2.75, 3.05) is 0 Å². The maximum atomic E-state index is 12.2. The van der Waals surface area contributed by atoms with Gasteiger partial charge in [0.15, 0.2) is 0 Å². The zero-order valence-electron chi connectivity index (χ0n) is 13.3. The van der Waals surface area contributed by atoms with Crippen LogP contribution in [-0.4, -0.2) is 17.0 Å². The van der Waals surface area contributed by atoms with Crippen molar-refractivity contribution in [2.45, 2.75) is 57.4 Å². The Bertz CT molecular complexity index is 541. The summed E-state index contributed by atoms with van der Waals surface area (Å²) in [5.74, 6) is -0.419. The lowest BCUT2D eigenvalue weighted by Crippen LogP contribution is -2.30. The SMILES string of the molecule is O=C(O)CC(NC(=O)CCC1CCCCC1)c1ccccc1Cl. The minimum Gasteiger partial charge on any atom is -0.481 e. The Labute approximate surface area is 142 Å². The van der Waals surface area contributed by atoms with E-state index in [1.165, 1.54) is 32.1 Å². The van der Waals surface area contributed by atoms with Crippen LogP contribution in [0, 0.1) is 5.92 Å². The summed E-state index contributed by atoms with van der Waals surface area (Å²) in [6, 6.07) is 6.47. The van der Waals surface area contributed by atoms with Gasteiger partial charge in [-0.3, -0.25) is 9.59 Å². The molecule has 2 rings (SSSR count). The molecular formula is C18H24ClNO3. The highest BCUT2D eigenvalue weighted by atomic mass is 35.5. The molecule has 0 saturated heterocycles. The topological polar surface area (TPSA) is 66.4 Å². The van der Waals surface area contributed by atoms with Gasteiger partial charge in [-0.1, -0.05) is 61.9 Å². The molecule has 1 aromatic carbocycles. The number of carboxylic acid groups (broad SMARTS) is 1. The summed E-state index contributed by atoms with van der Waals surface area (Å²) in [4.78, 5) is 23.3. The molecule has 0 heterocycles. The fraction of sp³-hybridized carbons (Fsp3) is 0.556. The molecule has 1 unspecified atom stereocenters. The van der Waals surface area contributed by atoms with E-state index in [1.807, 2.05) is 0 Å². The van der Waals surface area contributed by atoms with Gasteiger partial charge in [-0.25, -0.2) is 0 Å². The zero-order valence-corrected chi connectivity index (χ0v) is 14.0. The second kappa shape index (κ2) is 8.92. The van der Waals surface area contributed by atoms with Gasteiger partial charge in [-0.05, 0) is 24.0 Å². The molecule has 0 spiro atoms. The summed E-state index contributed by atoms with van der Waals surface area (Å²) >= 11 is 6.14. The lowest BCUT2D eigenvalue weighted by Gasteiger charge is -2.22. The van der Waals surface area contributed by atoms with E-state index < -0.39 is 12.0 Å². The van der Waals surface area contributed by atoms with E-state index in [0.29, 0.717) is 22.9 Å². The number of hydrogen-bond acceptors (Lipinski definition) is 2. The molecule has 1 aromatic rings. The predicted molar refractivity (Wildman–Crippen MR) is 90.4 cm³/mol. The smallest absolute Gasteiger partial charge is 0.305 e. The number of carbonyl (C=O) groups excluding carboxylic acids is 1. The minimum absolute atomic E-state index is 0.0956. The van der Waals surface area contributed by atoms with Crippen molar-refractivity contribution in [3.05, 3.63) is 34.9 Å². The Morgan fingerprint density at radius 1 is 1.22 bits per heavy atom. The Morgan fingerprint density at radius 2 is 1.91 bits per heavy atom. The van der Waals surface area contributed by atoms with Gasteiger partial charge in [0.1, 0.15) is 0 Å². The van der Waals surface area contributed by atoms with Crippen LogP contribution in [-0.2, 0) is 9.59 Å². The Balaban J connectivity index is 1.93. The number of nitrogens with one attached hydrogen (secondary N) is 1. The average molecular weight is 338 g/mol. The van der Waals surface area contributed by atoms with Crippen molar-refractivity contribution in [1.82, 2.24) is 5.32 Å². The molecule has 1 amide bonds. The number of aliphatic carboxylic acids is 1. The van der Waals surface area contributed by atoms with Gasteiger partial charge in [-0.15, -0.1) is 0 Å². The third-order valence-corrected chi connectivity index (χ3v) is 4.84. The first kappa shape index (κ1) is 17.8. The van der Waals surface area contributed by atoms with Crippen molar-refractivity contribution in [2.24, 2.45) is 5.92 Å². The van der Waals surface area contributed by atoms with Crippen LogP contribution in [0.3, 0.4) is 0 Å². The van der Waals surface area contributed by atoms with Gasteiger partial charge in [0, 0.05) is 11.4 Å². The van der Waals surface area contributed by atoms with E-state index in [-0.39, 0.29) is 12.3 Å². The van der Waals surface area contributed by atoms with Crippen LogP contribution in [0.5, 0.6) is 0 Å². The first-order valence-corrected chi connectivity index (χ1v) is 8.69. The molecule has 0 bridgehead atoms. The zero-order chi connectivity index (χ0) is 16.7. The van der Waals surface area contributed by atoms with E-state index in [2.05, 4.69) is 5.32 Å². The number of rotatable bonds is 7. The molecule has 0 radical (unpaired) electrons. The summed E-state index contributed by atoms with van der Waals surface area (Å²) < 4.78 is 0. The standard InChI is InChI=1S/C18H24ClNO3/c19-15-9-5-4-8-14(15)16(12-18(22)23)20-17(21)11-10-13-6-2-1-3-7-13/h4-5,8-9,13,16H,1-3,6-7,10-12H2,(H,20,21)(H,22,23). The van der Waals surface area contributed by atoms with Gasteiger partial charge in [0.25, 0.3) is 0 Å². The quantitative estimate of drug-likeness (QED) is 0.778. The summed E-state index contributed by atoms with van der Waals surface area (Å²) in [5.41, 5.74) is 0.655. The molecule has 126 valence electrons. The second-order valence-corrected chi connectivity index (χ2v) is 6.69. The van der Waals surface area contributed by atoms with Gasteiger partial charge < -0.3 is 10.4 Å². The number of hydrogen-bond donors (Lipinski definition) is 2. The van der Waals surface area contributed by atoms with E-state index in [0.717, 1.165) is 6.42 Å². The number of halogens is 1. The van der Waals surface area contributed by atoms with Gasteiger partial charge in [0.05, 0.1) is 12.5 Å². The molecular weight excluding hydrogens is 314 g/mol. The normalized spacial score (nSPS) is 16.7. The third-order valence-electron chi connectivity index (χ3n) is 4.50. The number of benzene rings is 1. The van der Waals surface area contributed by atoms with Gasteiger partial charge >= 0.3 is 5.97 Å². The molecule has 23 heavy (non-hydrogen) atoms. The summed E-state index contributed by atoms with van der Waals surface area (Å²) in [6.07, 6.45) is 7.39. The molecule has 0 aromatic heterocycles. The van der Waals surface area contributed by atoms with E-state index in [4.69, 9.17) is 16.7 Å². The fourth-order valence-corrected chi connectivity index (χ4v) is 3.52. The Hall–Kier alpha value is -1.55. The van der Waals surface area contributed by atoms with Crippen LogP contribution < -0.4 is 5.32 Å². The van der Waals surface area contributed by atoms with Crippen LogP contribution in [0.4, 0.5) is 0 Å². The third kappa shape index (κ3) is 5.87. The van der Waals surface area contributed by atoms with Crippen LogP contribution >= 0.6 is 11.6 Å². The summed E-state index contributed by atoms with van der Waals surface area (Å²) in [6.45, 7) is 0. The van der Waals surface area contributed by atoms with Gasteiger partial charge in [-0.2, -0.15) is 0 Å². The molecule has 1 aliphatic rings. The lowest BCUT2D eigenvalue weighted by molar-refractivity contribution is -0.137. The van der Waals surface area contributed by atoms with Crippen LogP contribution in [0.2, 0.25) is 5.02 Å². The molecule has 1 aliphatic carbocycles. The van der Waals surface area contributed by atoms with Crippen LogP contribution in [0.15, 0.2) is 24.3 Å². The van der Waals surface area contributed by atoms with Crippen molar-refractivity contribution >= 4 is 23.5 Å². The fourth-order valence-electron chi connectivity index (χ4n) is 3.25. The highest BCUT2D eigenvalue weighted by molar-refractivity contribution is 6.31. The average Bonchev–Trinajstić information content (AvgIpc) is 2.53. The highest BCUT2D eigenvalue weighted by Crippen LogP contribution is 2.28. The van der Waals surface area contributed by atoms with Crippen molar-refractivity contribution in [3.63, 3.8) is 0 Å². The van der Waals surface area contributed by atoms with Crippen LogP contribution in [0.1, 0.15) is 63.0 Å². The Morgan fingerprint density at radius 3 is 2.57 bits per heavy atom. The van der Waals surface area contributed by atoms with E-state index >= 15 is 0 Å². The van der Waals surface area contributed by atoms with Crippen molar-refractivity contribution < 1.29 is 14.7 Å². The van der Waals surface area contributed by atoms with Crippen molar-refractivity contribution in [3.8, 4) is 0 Å². The summed E-state index contributed by atoms with van der Waals surface area (Å²) in [5, 5.41) is 12.4. The Kier molecular flexibility index (Phi) is 6.90. The minimum atomic E-state index is -0.956. The molecule has 4 nitrogen and oxygen atoms in total. The number of amides is 1. The van der Waals surface area contributed by atoms with E-state index in [9.17, 15) is 9.59 Å².